The van der Waals surface area contributed by atoms with Crippen molar-refractivity contribution in [3.63, 3.8) is 0 Å². The van der Waals surface area contributed by atoms with Crippen LogP contribution in [0.5, 0.6) is 11.5 Å². The van der Waals surface area contributed by atoms with Crippen LogP contribution in [0.2, 0.25) is 0 Å². The Bertz CT molecular complexity index is 630. The Balaban J connectivity index is 0.00000676. The molecule has 0 aromatic heterocycles. The summed E-state index contributed by atoms with van der Waals surface area (Å²) in [7, 11) is 3.37. The summed E-state index contributed by atoms with van der Waals surface area (Å²) in [4.78, 5) is 18.5. The van der Waals surface area contributed by atoms with E-state index in [0.717, 1.165) is 12.1 Å². The van der Waals surface area contributed by atoms with Crippen LogP contribution in [0.15, 0.2) is 23.2 Å². The molecular formula is C19H33IN4O3. The molecule has 7 nitrogen and oxygen atoms in total. The number of hydrogen-bond acceptors (Lipinski definition) is 4. The number of aliphatic imine (C=N–C) groups is 1. The van der Waals surface area contributed by atoms with Crippen LogP contribution in [0.25, 0.3) is 0 Å². The second-order valence-electron chi connectivity index (χ2n) is 7.15. The van der Waals surface area contributed by atoms with E-state index in [2.05, 4.69) is 15.6 Å². The second-order valence-corrected chi connectivity index (χ2v) is 7.15. The molecule has 27 heavy (non-hydrogen) atoms. The van der Waals surface area contributed by atoms with Gasteiger partial charge in [0.1, 0.15) is 0 Å². The van der Waals surface area contributed by atoms with Crippen molar-refractivity contribution in [3.8, 4) is 11.5 Å². The number of benzene rings is 1. The molecule has 8 heteroatoms. The fraction of sp³-hybridized carbons (Fsp3) is 0.579. The zero-order valence-corrected chi connectivity index (χ0v) is 19.5. The molecule has 0 aliphatic rings. The molecule has 0 aliphatic heterocycles. The van der Waals surface area contributed by atoms with E-state index in [4.69, 9.17) is 4.74 Å². The van der Waals surface area contributed by atoms with E-state index in [9.17, 15) is 9.90 Å². The van der Waals surface area contributed by atoms with Crippen LogP contribution in [-0.2, 0) is 11.2 Å². The van der Waals surface area contributed by atoms with Crippen LogP contribution >= 0.6 is 24.0 Å². The Kier molecular flexibility index (Phi) is 11.1. The lowest BCUT2D eigenvalue weighted by molar-refractivity contribution is -0.122. The molecule has 0 saturated heterocycles. The summed E-state index contributed by atoms with van der Waals surface area (Å²) < 4.78 is 5.12. The predicted molar refractivity (Wildman–Crippen MR) is 120 cm³/mol. The quantitative estimate of drug-likeness (QED) is 0.309. The molecule has 3 N–H and O–H groups in total. The van der Waals surface area contributed by atoms with E-state index < -0.39 is 0 Å². The van der Waals surface area contributed by atoms with Gasteiger partial charge in [-0.05, 0) is 51.8 Å². The summed E-state index contributed by atoms with van der Waals surface area (Å²) in [5.41, 5.74) is 0.762. The first-order chi connectivity index (χ1) is 12.2. The third-order valence-electron chi connectivity index (χ3n) is 3.50. The maximum Gasteiger partial charge on any atom is 0.240 e. The van der Waals surface area contributed by atoms with Gasteiger partial charge in [0.15, 0.2) is 17.5 Å². The molecule has 0 fully saturated rings. The minimum absolute atomic E-state index is 0. The Morgan fingerprint density at radius 2 is 2.00 bits per heavy atom. The number of carbonyl (C=O) groups excluding carboxylic acids is 1. The van der Waals surface area contributed by atoms with Gasteiger partial charge in [0, 0.05) is 25.7 Å². The minimum Gasteiger partial charge on any atom is -0.504 e. The number of likely N-dealkylation sites (N-methyl/N-ethyl adjacent to an activating group) is 1. The van der Waals surface area contributed by atoms with Gasteiger partial charge in [0.25, 0.3) is 0 Å². The van der Waals surface area contributed by atoms with Crippen LogP contribution in [0, 0.1) is 0 Å². The van der Waals surface area contributed by atoms with Crippen molar-refractivity contribution in [1.29, 1.82) is 0 Å². The average molecular weight is 492 g/mol. The lowest BCUT2D eigenvalue weighted by Gasteiger charge is -2.25. The van der Waals surface area contributed by atoms with Gasteiger partial charge in [0.05, 0.1) is 13.7 Å². The molecule has 0 bridgehead atoms. The number of nitrogens with zero attached hydrogens (tertiary/aromatic N) is 2. The van der Waals surface area contributed by atoms with Crippen molar-refractivity contribution < 1.29 is 14.6 Å². The number of hydrogen-bond donors (Lipinski definition) is 3. The zero-order chi connectivity index (χ0) is 19.7. The fourth-order valence-electron chi connectivity index (χ4n) is 2.39. The third kappa shape index (κ3) is 9.69. The van der Waals surface area contributed by atoms with E-state index >= 15 is 0 Å². The van der Waals surface area contributed by atoms with Gasteiger partial charge in [-0.25, -0.2) is 0 Å². The monoisotopic (exact) mass is 492 g/mol. The Morgan fingerprint density at radius 3 is 2.56 bits per heavy atom. The van der Waals surface area contributed by atoms with Gasteiger partial charge < -0.3 is 25.4 Å². The van der Waals surface area contributed by atoms with Crippen molar-refractivity contribution >= 4 is 35.8 Å². The van der Waals surface area contributed by atoms with E-state index in [1.54, 1.807) is 12.1 Å². The highest BCUT2D eigenvalue weighted by Crippen LogP contribution is 2.26. The Hall–Kier alpha value is -1.71. The average Bonchev–Trinajstić information content (AvgIpc) is 2.53. The van der Waals surface area contributed by atoms with E-state index in [1.807, 2.05) is 45.7 Å². The number of amides is 1. The molecule has 154 valence electrons. The van der Waals surface area contributed by atoms with Crippen molar-refractivity contribution in [2.75, 3.05) is 33.8 Å². The van der Waals surface area contributed by atoms with Gasteiger partial charge in [-0.2, -0.15) is 0 Å². The molecule has 0 aliphatic carbocycles. The number of rotatable bonds is 7. The van der Waals surface area contributed by atoms with E-state index in [1.165, 1.54) is 7.11 Å². The maximum atomic E-state index is 12.1. The van der Waals surface area contributed by atoms with Gasteiger partial charge >= 0.3 is 0 Å². The number of phenolic OH excluding ortho intramolecular Hbond substituents is 1. The van der Waals surface area contributed by atoms with Crippen molar-refractivity contribution in [2.45, 2.75) is 39.7 Å². The summed E-state index contributed by atoms with van der Waals surface area (Å²) >= 11 is 0. The van der Waals surface area contributed by atoms with Gasteiger partial charge in [0.2, 0.25) is 5.91 Å². The normalized spacial score (nSPS) is 11.4. The topological polar surface area (TPSA) is 86.2 Å². The van der Waals surface area contributed by atoms with E-state index in [-0.39, 0.29) is 47.7 Å². The number of carbonyl (C=O) groups is 1. The third-order valence-corrected chi connectivity index (χ3v) is 3.50. The second kappa shape index (κ2) is 11.9. The first-order valence-electron chi connectivity index (χ1n) is 8.82. The molecule has 0 saturated carbocycles. The first kappa shape index (κ1) is 25.3. The summed E-state index contributed by atoms with van der Waals surface area (Å²) in [5.74, 6) is 1.21. The number of aromatic hydroxyl groups is 1. The molecule has 1 amide bonds. The molecule has 1 rings (SSSR count). The Morgan fingerprint density at radius 1 is 1.33 bits per heavy atom. The molecule has 0 spiro atoms. The smallest absolute Gasteiger partial charge is 0.240 e. The highest BCUT2D eigenvalue weighted by Gasteiger charge is 2.16. The number of halogens is 1. The standard InChI is InChI=1S/C19H32N4O3.HI/c1-7-20-18(23(5)13-17(25)22-19(2,3)4)21-11-10-14-8-9-15(24)16(12-14)26-6;/h8-9,12,24H,7,10-11,13H2,1-6H3,(H,20,21)(H,22,25);1H. The summed E-state index contributed by atoms with van der Waals surface area (Å²) in [6, 6.07) is 5.27. The zero-order valence-electron chi connectivity index (χ0n) is 17.1. The largest absolute Gasteiger partial charge is 0.504 e. The maximum absolute atomic E-state index is 12.1. The highest BCUT2D eigenvalue weighted by atomic mass is 127. The summed E-state index contributed by atoms with van der Waals surface area (Å²) in [5, 5.41) is 15.8. The highest BCUT2D eigenvalue weighted by molar-refractivity contribution is 14.0. The summed E-state index contributed by atoms with van der Waals surface area (Å²) in [6.45, 7) is 9.36. The lowest BCUT2D eigenvalue weighted by Crippen LogP contribution is -2.48. The predicted octanol–water partition coefficient (Wildman–Crippen LogP) is 2.37. The Labute approximate surface area is 179 Å². The number of phenols is 1. The number of ether oxygens (including phenoxy) is 1. The molecule has 0 unspecified atom stereocenters. The van der Waals surface area contributed by atoms with Crippen LogP contribution in [-0.4, -0.2) is 61.2 Å². The van der Waals surface area contributed by atoms with Crippen LogP contribution < -0.4 is 15.4 Å². The van der Waals surface area contributed by atoms with Crippen LogP contribution in [0.4, 0.5) is 0 Å². The van der Waals surface area contributed by atoms with Crippen molar-refractivity contribution in [2.24, 2.45) is 4.99 Å². The van der Waals surface area contributed by atoms with Crippen molar-refractivity contribution in [3.05, 3.63) is 23.8 Å². The fourth-order valence-corrected chi connectivity index (χ4v) is 2.39. The molecule has 0 radical (unpaired) electrons. The van der Waals surface area contributed by atoms with Crippen LogP contribution in [0.3, 0.4) is 0 Å². The van der Waals surface area contributed by atoms with Gasteiger partial charge in [-0.1, -0.05) is 6.07 Å². The van der Waals surface area contributed by atoms with Crippen LogP contribution in [0.1, 0.15) is 33.3 Å². The minimum atomic E-state index is -0.259. The summed E-state index contributed by atoms with van der Waals surface area (Å²) in [6.07, 6.45) is 0.702. The van der Waals surface area contributed by atoms with Crippen molar-refractivity contribution in [1.82, 2.24) is 15.5 Å². The lowest BCUT2D eigenvalue weighted by atomic mass is 10.1. The molecule has 0 atom stereocenters. The van der Waals surface area contributed by atoms with Gasteiger partial charge in [-0.3, -0.25) is 9.79 Å². The first-order valence-corrected chi connectivity index (χ1v) is 8.82. The molecular weight excluding hydrogens is 459 g/mol. The number of nitrogens with one attached hydrogen (secondary N) is 2. The van der Waals surface area contributed by atoms with Gasteiger partial charge in [-0.15, -0.1) is 24.0 Å². The van der Waals surface area contributed by atoms with E-state index in [0.29, 0.717) is 24.7 Å². The number of guanidine groups is 1. The number of methoxy groups -OCH3 is 1. The molecule has 1 aromatic carbocycles. The molecule has 1 aromatic rings. The SMILES string of the molecule is CCNC(=NCCc1ccc(O)c(OC)c1)N(C)CC(=O)NC(C)(C)C.I. The molecule has 0 heterocycles.